The van der Waals surface area contributed by atoms with Gasteiger partial charge in [0, 0.05) is 6.04 Å². The first-order valence-corrected chi connectivity index (χ1v) is 8.74. The average Bonchev–Trinajstić information content (AvgIpc) is 2.75. The molecule has 0 spiro atoms. The molecule has 1 aromatic heterocycles. The van der Waals surface area contributed by atoms with E-state index in [-0.39, 0.29) is 0 Å². The second kappa shape index (κ2) is 7.02. The highest BCUT2D eigenvalue weighted by Crippen LogP contribution is 2.36. The summed E-state index contributed by atoms with van der Waals surface area (Å²) in [5, 5.41) is 3.41. The average molecular weight is 403 g/mol. The normalized spacial score (nSPS) is 12.6. The summed E-state index contributed by atoms with van der Waals surface area (Å²) < 4.78 is 2.36. The summed E-state index contributed by atoms with van der Waals surface area (Å²) >= 11 is 8.91. The molecule has 2 rings (SSSR count). The maximum absolute atomic E-state index is 3.64. The zero-order valence-electron chi connectivity index (χ0n) is 11.0. The van der Waals surface area contributed by atoms with Crippen LogP contribution in [0.15, 0.2) is 37.9 Å². The van der Waals surface area contributed by atoms with E-state index in [0.29, 0.717) is 6.04 Å². The Bertz CT molecular complexity index is 534. The summed E-state index contributed by atoms with van der Waals surface area (Å²) in [6.45, 7) is 2.19. The predicted molar refractivity (Wildman–Crippen MR) is 91.0 cm³/mol. The third-order valence-electron chi connectivity index (χ3n) is 3.28. The molecule has 1 atom stereocenters. The van der Waals surface area contributed by atoms with Crippen molar-refractivity contribution in [2.45, 2.75) is 25.8 Å². The summed E-state index contributed by atoms with van der Waals surface area (Å²) in [5.74, 6) is 0. The number of benzene rings is 1. The third kappa shape index (κ3) is 3.91. The Hall–Kier alpha value is -0.160. The molecular formula is C15H17Br2NS. The van der Waals surface area contributed by atoms with Crippen LogP contribution in [0, 0.1) is 0 Å². The van der Waals surface area contributed by atoms with Gasteiger partial charge in [0.15, 0.2) is 0 Å². The van der Waals surface area contributed by atoms with Gasteiger partial charge in [-0.05, 0) is 74.5 Å². The lowest BCUT2D eigenvalue weighted by Crippen LogP contribution is -2.18. The number of likely N-dealkylation sites (N-methyl/N-ethyl adjacent to an activating group) is 1. The van der Waals surface area contributed by atoms with E-state index in [1.54, 1.807) is 11.3 Å². The van der Waals surface area contributed by atoms with Crippen molar-refractivity contribution in [3.05, 3.63) is 54.6 Å². The van der Waals surface area contributed by atoms with Crippen molar-refractivity contribution >= 4 is 43.2 Å². The molecule has 2 aromatic rings. The molecule has 0 aliphatic rings. The molecule has 0 aliphatic carbocycles. The van der Waals surface area contributed by atoms with Crippen molar-refractivity contribution in [3.63, 3.8) is 0 Å². The van der Waals surface area contributed by atoms with Crippen molar-refractivity contribution in [2.75, 3.05) is 7.05 Å². The highest BCUT2D eigenvalue weighted by Gasteiger charge is 2.16. The van der Waals surface area contributed by atoms with Crippen LogP contribution < -0.4 is 5.32 Å². The number of hydrogen-bond acceptors (Lipinski definition) is 2. The van der Waals surface area contributed by atoms with Crippen LogP contribution in [0.1, 0.15) is 29.7 Å². The quantitative estimate of drug-likeness (QED) is 0.711. The molecule has 0 amide bonds. The molecule has 1 N–H and O–H groups in total. The number of aryl methyl sites for hydroxylation is 1. The number of halogens is 2. The molecule has 0 bridgehead atoms. The van der Waals surface area contributed by atoms with E-state index in [2.05, 4.69) is 74.4 Å². The van der Waals surface area contributed by atoms with Gasteiger partial charge in [0.25, 0.3) is 0 Å². The Balaban J connectivity index is 2.16. The van der Waals surface area contributed by atoms with Crippen LogP contribution in [-0.2, 0) is 12.8 Å². The van der Waals surface area contributed by atoms with E-state index in [0.717, 1.165) is 16.6 Å². The first-order chi connectivity index (χ1) is 9.13. The summed E-state index contributed by atoms with van der Waals surface area (Å²) in [5.41, 5.74) is 4.08. The van der Waals surface area contributed by atoms with Gasteiger partial charge in [-0.3, -0.25) is 0 Å². The fourth-order valence-electron chi connectivity index (χ4n) is 2.10. The second-order valence-corrected chi connectivity index (χ2v) is 8.24. The summed E-state index contributed by atoms with van der Waals surface area (Å²) in [6, 6.07) is 11.4. The van der Waals surface area contributed by atoms with Gasteiger partial charge in [0.2, 0.25) is 0 Å². The lowest BCUT2D eigenvalue weighted by Gasteiger charge is -2.16. The first kappa shape index (κ1) is 15.2. The van der Waals surface area contributed by atoms with Crippen molar-refractivity contribution < 1.29 is 0 Å². The van der Waals surface area contributed by atoms with E-state index < -0.39 is 0 Å². The number of rotatable bonds is 5. The summed E-state index contributed by atoms with van der Waals surface area (Å²) in [7, 11) is 2.02. The van der Waals surface area contributed by atoms with Gasteiger partial charge in [-0.15, -0.1) is 11.3 Å². The fraction of sp³-hybridized carbons (Fsp3) is 0.333. The maximum atomic E-state index is 3.64. The van der Waals surface area contributed by atoms with Crippen LogP contribution in [0.25, 0.3) is 0 Å². The molecule has 0 aliphatic heterocycles. The Labute approximate surface area is 135 Å². The van der Waals surface area contributed by atoms with Gasteiger partial charge >= 0.3 is 0 Å². The van der Waals surface area contributed by atoms with E-state index in [1.807, 2.05) is 7.05 Å². The molecule has 19 heavy (non-hydrogen) atoms. The van der Waals surface area contributed by atoms with Crippen molar-refractivity contribution in [1.82, 2.24) is 5.32 Å². The molecule has 1 unspecified atom stereocenters. The monoisotopic (exact) mass is 401 g/mol. The van der Waals surface area contributed by atoms with Gasteiger partial charge < -0.3 is 5.32 Å². The van der Waals surface area contributed by atoms with Gasteiger partial charge in [-0.25, -0.2) is 0 Å². The predicted octanol–water partition coefficient (Wildman–Crippen LogP) is 5.34. The van der Waals surface area contributed by atoms with E-state index in [1.165, 1.54) is 20.5 Å². The van der Waals surface area contributed by atoms with Crippen LogP contribution in [0.3, 0.4) is 0 Å². The van der Waals surface area contributed by atoms with Crippen LogP contribution in [0.4, 0.5) is 0 Å². The van der Waals surface area contributed by atoms with Gasteiger partial charge in [-0.1, -0.05) is 31.2 Å². The van der Waals surface area contributed by atoms with Crippen LogP contribution in [0.5, 0.6) is 0 Å². The lowest BCUT2D eigenvalue weighted by molar-refractivity contribution is 0.592. The van der Waals surface area contributed by atoms with Crippen LogP contribution in [0.2, 0.25) is 0 Å². The molecule has 1 nitrogen and oxygen atoms in total. The Kier molecular flexibility index (Phi) is 5.63. The van der Waals surface area contributed by atoms with Gasteiger partial charge in [-0.2, -0.15) is 0 Å². The first-order valence-electron chi connectivity index (χ1n) is 6.33. The highest BCUT2D eigenvalue weighted by atomic mass is 79.9. The second-order valence-electron chi connectivity index (χ2n) is 4.49. The van der Waals surface area contributed by atoms with E-state index in [4.69, 9.17) is 0 Å². The largest absolute Gasteiger partial charge is 0.313 e. The minimum absolute atomic E-state index is 0.337. The minimum atomic E-state index is 0.337. The lowest BCUT2D eigenvalue weighted by atomic mass is 10.00. The van der Waals surface area contributed by atoms with Crippen molar-refractivity contribution in [3.8, 4) is 0 Å². The van der Waals surface area contributed by atoms with E-state index >= 15 is 0 Å². The number of thiophene rings is 1. The SMILES string of the molecule is CCc1ccc(CC(NC)c2cc(Br)sc2Br)cc1. The zero-order chi connectivity index (χ0) is 13.8. The van der Waals surface area contributed by atoms with E-state index in [9.17, 15) is 0 Å². The highest BCUT2D eigenvalue weighted by molar-refractivity contribution is 9.12. The Morgan fingerprint density at radius 1 is 1.16 bits per heavy atom. The van der Waals surface area contributed by atoms with Crippen LogP contribution >= 0.6 is 43.2 Å². The molecule has 102 valence electrons. The third-order valence-corrected chi connectivity index (χ3v) is 5.66. The summed E-state index contributed by atoms with van der Waals surface area (Å²) in [4.78, 5) is 0. The number of nitrogens with one attached hydrogen (secondary N) is 1. The summed E-state index contributed by atoms with van der Waals surface area (Å²) in [6.07, 6.45) is 2.10. The van der Waals surface area contributed by atoms with Gasteiger partial charge in [0.05, 0.1) is 7.57 Å². The molecule has 0 radical (unpaired) electrons. The van der Waals surface area contributed by atoms with Crippen molar-refractivity contribution in [2.24, 2.45) is 0 Å². The van der Waals surface area contributed by atoms with Gasteiger partial charge in [0.1, 0.15) is 0 Å². The maximum Gasteiger partial charge on any atom is 0.0758 e. The molecule has 1 aromatic carbocycles. The standard InChI is InChI=1S/C15H17Br2NS/c1-3-10-4-6-11(7-5-10)8-13(18-2)12-9-14(16)19-15(12)17/h4-7,9,13,18H,3,8H2,1-2H3. The molecular weight excluding hydrogens is 386 g/mol. The molecule has 0 fully saturated rings. The Morgan fingerprint density at radius 2 is 1.79 bits per heavy atom. The van der Waals surface area contributed by atoms with Crippen molar-refractivity contribution in [1.29, 1.82) is 0 Å². The molecule has 4 heteroatoms. The topological polar surface area (TPSA) is 12.0 Å². The minimum Gasteiger partial charge on any atom is -0.313 e. The zero-order valence-corrected chi connectivity index (χ0v) is 15.0. The fourth-order valence-corrected chi connectivity index (χ4v) is 5.08. The number of hydrogen-bond donors (Lipinski definition) is 1. The molecule has 0 saturated heterocycles. The Morgan fingerprint density at radius 3 is 2.26 bits per heavy atom. The van der Waals surface area contributed by atoms with Crippen LogP contribution in [-0.4, -0.2) is 7.05 Å². The smallest absolute Gasteiger partial charge is 0.0758 e. The molecule has 0 saturated carbocycles. The molecule has 1 heterocycles.